The van der Waals surface area contributed by atoms with Crippen molar-refractivity contribution < 1.29 is 4.79 Å². The number of hydrogen-bond donors (Lipinski definition) is 2. The van der Waals surface area contributed by atoms with E-state index in [-0.39, 0.29) is 11.9 Å². The minimum Gasteiger partial charge on any atom is -0.325 e. The first kappa shape index (κ1) is 9.93. The van der Waals surface area contributed by atoms with Crippen LogP contribution in [-0.2, 0) is 4.79 Å². The average molecular weight is 197 g/mol. The molecule has 2 rings (SSSR count). The summed E-state index contributed by atoms with van der Waals surface area (Å²) in [5.74, 6) is 0.246. The van der Waals surface area contributed by atoms with E-state index in [1.807, 2.05) is 11.8 Å². The molecule has 2 aliphatic heterocycles. The molecule has 2 heterocycles. The third-order valence-electron chi connectivity index (χ3n) is 3.12. The molecule has 0 bridgehead atoms. The Morgan fingerprint density at radius 3 is 2.86 bits per heavy atom. The third kappa shape index (κ3) is 1.91. The summed E-state index contributed by atoms with van der Waals surface area (Å²) < 4.78 is 0. The number of piperidine rings is 1. The molecule has 4 heteroatoms. The SMILES string of the molecule is CC1NCCN(C2CCCCN2)C1=O. The van der Waals surface area contributed by atoms with E-state index in [1.54, 1.807) is 0 Å². The van der Waals surface area contributed by atoms with E-state index < -0.39 is 0 Å². The highest BCUT2D eigenvalue weighted by atomic mass is 16.2. The minimum absolute atomic E-state index is 0.00697. The number of hydrogen-bond acceptors (Lipinski definition) is 3. The van der Waals surface area contributed by atoms with Gasteiger partial charge in [0.25, 0.3) is 0 Å². The van der Waals surface area contributed by atoms with Gasteiger partial charge in [0.15, 0.2) is 0 Å². The highest BCUT2D eigenvalue weighted by molar-refractivity contribution is 5.82. The predicted octanol–water partition coefficient (Wildman–Crippen LogP) is -0.0937. The fraction of sp³-hybridized carbons (Fsp3) is 0.900. The Morgan fingerprint density at radius 1 is 1.29 bits per heavy atom. The number of piperazine rings is 1. The van der Waals surface area contributed by atoms with E-state index in [2.05, 4.69) is 10.6 Å². The van der Waals surface area contributed by atoms with Crippen molar-refractivity contribution in [1.29, 1.82) is 0 Å². The molecule has 2 aliphatic rings. The van der Waals surface area contributed by atoms with Crippen LogP contribution < -0.4 is 10.6 Å². The molecule has 1 amide bonds. The number of carbonyl (C=O) groups is 1. The van der Waals surface area contributed by atoms with Gasteiger partial charge in [0.05, 0.1) is 12.2 Å². The van der Waals surface area contributed by atoms with Crippen LogP contribution in [0.1, 0.15) is 26.2 Å². The normalized spacial score (nSPS) is 34.6. The molecule has 2 N–H and O–H groups in total. The van der Waals surface area contributed by atoms with Gasteiger partial charge in [-0.3, -0.25) is 10.1 Å². The first-order chi connectivity index (χ1) is 6.79. The lowest BCUT2D eigenvalue weighted by Crippen LogP contribution is -2.61. The van der Waals surface area contributed by atoms with E-state index >= 15 is 0 Å². The monoisotopic (exact) mass is 197 g/mol. The van der Waals surface area contributed by atoms with Gasteiger partial charge in [-0.05, 0) is 32.7 Å². The first-order valence-electron chi connectivity index (χ1n) is 5.56. The van der Waals surface area contributed by atoms with E-state index in [1.165, 1.54) is 12.8 Å². The zero-order valence-corrected chi connectivity index (χ0v) is 8.75. The van der Waals surface area contributed by atoms with Gasteiger partial charge in [-0.15, -0.1) is 0 Å². The summed E-state index contributed by atoms with van der Waals surface area (Å²) in [5, 5.41) is 6.60. The standard InChI is InChI=1S/C10H19N3O/c1-8-10(14)13(7-6-11-8)9-4-2-3-5-12-9/h8-9,11-12H,2-7H2,1H3. The number of carbonyl (C=O) groups excluding carboxylic acids is 1. The number of nitrogens with one attached hydrogen (secondary N) is 2. The molecule has 0 radical (unpaired) electrons. The quantitative estimate of drug-likeness (QED) is 0.617. The highest BCUT2D eigenvalue weighted by Gasteiger charge is 2.30. The molecule has 0 aliphatic carbocycles. The van der Waals surface area contributed by atoms with Crippen LogP contribution in [0.3, 0.4) is 0 Å². The average Bonchev–Trinajstić information content (AvgIpc) is 2.23. The number of rotatable bonds is 1. The van der Waals surface area contributed by atoms with Crippen molar-refractivity contribution in [3.05, 3.63) is 0 Å². The van der Waals surface area contributed by atoms with Crippen LogP contribution in [0.2, 0.25) is 0 Å². The molecule has 2 saturated heterocycles. The van der Waals surface area contributed by atoms with Gasteiger partial charge in [0.1, 0.15) is 0 Å². The smallest absolute Gasteiger partial charge is 0.240 e. The molecular formula is C10H19N3O. The molecular weight excluding hydrogens is 178 g/mol. The van der Waals surface area contributed by atoms with Crippen LogP contribution in [0.4, 0.5) is 0 Å². The lowest BCUT2D eigenvalue weighted by molar-refractivity contribution is -0.139. The van der Waals surface area contributed by atoms with Gasteiger partial charge < -0.3 is 10.2 Å². The Kier molecular flexibility index (Phi) is 3.03. The van der Waals surface area contributed by atoms with Crippen LogP contribution >= 0.6 is 0 Å². The van der Waals surface area contributed by atoms with Gasteiger partial charge >= 0.3 is 0 Å². The zero-order chi connectivity index (χ0) is 9.97. The molecule has 0 aromatic carbocycles. The van der Waals surface area contributed by atoms with Crippen LogP contribution in [-0.4, -0.2) is 42.6 Å². The van der Waals surface area contributed by atoms with Crippen molar-refractivity contribution in [3.8, 4) is 0 Å². The van der Waals surface area contributed by atoms with Crippen molar-refractivity contribution in [3.63, 3.8) is 0 Å². The fourth-order valence-electron chi connectivity index (χ4n) is 2.26. The number of amides is 1. The Morgan fingerprint density at radius 2 is 2.14 bits per heavy atom. The van der Waals surface area contributed by atoms with E-state index in [4.69, 9.17) is 0 Å². The second-order valence-electron chi connectivity index (χ2n) is 4.17. The molecule has 0 aromatic rings. The first-order valence-corrected chi connectivity index (χ1v) is 5.56. The molecule has 80 valence electrons. The maximum atomic E-state index is 11.8. The Labute approximate surface area is 85.0 Å². The zero-order valence-electron chi connectivity index (χ0n) is 8.75. The third-order valence-corrected chi connectivity index (χ3v) is 3.12. The van der Waals surface area contributed by atoms with Crippen molar-refractivity contribution in [2.45, 2.75) is 38.4 Å². The van der Waals surface area contributed by atoms with E-state index in [0.29, 0.717) is 6.17 Å². The maximum Gasteiger partial charge on any atom is 0.240 e. The summed E-state index contributed by atoms with van der Waals surface area (Å²) in [6, 6.07) is -0.00697. The van der Waals surface area contributed by atoms with Crippen LogP contribution in [0, 0.1) is 0 Å². The summed E-state index contributed by atoms with van der Waals surface area (Å²) in [6.45, 7) is 4.76. The van der Waals surface area contributed by atoms with E-state index in [9.17, 15) is 4.79 Å². The summed E-state index contributed by atoms with van der Waals surface area (Å²) >= 11 is 0. The lowest BCUT2D eigenvalue weighted by Gasteiger charge is -2.39. The predicted molar refractivity (Wildman–Crippen MR) is 54.8 cm³/mol. The van der Waals surface area contributed by atoms with Gasteiger partial charge in [-0.25, -0.2) is 0 Å². The van der Waals surface area contributed by atoms with Crippen molar-refractivity contribution in [2.75, 3.05) is 19.6 Å². The molecule has 0 spiro atoms. The molecule has 0 aromatic heterocycles. The van der Waals surface area contributed by atoms with Gasteiger partial charge in [-0.2, -0.15) is 0 Å². The molecule has 14 heavy (non-hydrogen) atoms. The molecule has 2 unspecified atom stereocenters. The van der Waals surface area contributed by atoms with Crippen LogP contribution in [0.15, 0.2) is 0 Å². The Balaban J connectivity index is 1.97. The van der Waals surface area contributed by atoms with Crippen LogP contribution in [0.5, 0.6) is 0 Å². The molecule has 2 atom stereocenters. The Hall–Kier alpha value is -0.610. The minimum atomic E-state index is -0.00697. The summed E-state index contributed by atoms with van der Waals surface area (Å²) in [7, 11) is 0. The largest absolute Gasteiger partial charge is 0.325 e. The second kappa shape index (κ2) is 4.28. The van der Waals surface area contributed by atoms with Gasteiger partial charge in [0.2, 0.25) is 5.91 Å². The van der Waals surface area contributed by atoms with E-state index in [0.717, 1.165) is 26.1 Å². The summed E-state index contributed by atoms with van der Waals surface area (Å²) in [4.78, 5) is 13.8. The van der Waals surface area contributed by atoms with Gasteiger partial charge in [-0.1, -0.05) is 0 Å². The van der Waals surface area contributed by atoms with Crippen molar-refractivity contribution >= 4 is 5.91 Å². The Bertz CT molecular complexity index is 213. The molecule has 0 saturated carbocycles. The lowest BCUT2D eigenvalue weighted by atomic mass is 10.1. The second-order valence-corrected chi connectivity index (χ2v) is 4.17. The molecule has 2 fully saturated rings. The fourth-order valence-corrected chi connectivity index (χ4v) is 2.26. The van der Waals surface area contributed by atoms with Gasteiger partial charge in [0, 0.05) is 13.1 Å². The highest BCUT2D eigenvalue weighted by Crippen LogP contribution is 2.14. The maximum absolute atomic E-state index is 11.8. The molecule has 4 nitrogen and oxygen atoms in total. The van der Waals surface area contributed by atoms with Crippen molar-refractivity contribution in [1.82, 2.24) is 15.5 Å². The van der Waals surface area contributed by atoms with Crippen LogP contribution in [0.25, 0.3) is 0 Å². The number of nitrogens with zero attached hydrogens (tertiary/aromatic N) is 1. The summed E-state index contributed by atoms with van der Waals surface area (Å²) in [6.07, 6.45) is 3.88. The summed E-state index contributed by atoms with van der Waals surface area (Å²) in [5.41, 5.74) is 0. The topological polar surface area (TPSA) is 44.4 Å². The van der Waals surface area contributed by atoms with Crippen molar-refractivity contribution in [2.24, 2.45) is 0 Å².